The van der Waals surface area contributed by atoms with E-state index in [0.717, 1.165) is 88.6 Å². The van der Waals surface area contributed by atoms with Gasteiger partial charge in [-0.05, 0) is 83.2 Å². The fraction of sp³-hybridized carbons (Fsp3) is 0.0208. The molecular weight excluding hydrogens is 691 g/mol. The van der Waals surface area contributed by atoms with E-state index in [-0.39, 0.29) is 0 Å². The molecule has 8 nitrogen and oxygen atoms in total. The van der Waals surface area contributed by atoms with Crippen molar-refractivity contribution in [2.75, 3.05) is 0 Å². The van der Waals surface area contributed by atoms with Crippen molar-refractivity contribution in [3.05, 3.63) is 191 Å². The number of hydrogen-bond acceptors (Lipinski definition) is 5. The van der Waals surface area contributed by atoms with Crippen LogP contribution in [0.1, 0.15) is 27.8 Å². The first-order valence-corrected chi connectivity index (χ1v) is 18.3. The van der Waals surface area contributed by atoms with Gasteiger partial charge in [-0.15, -0.1) is 0 Å². The van der Waals surface area contributed by atoms with Gasteiger partial charge in [0, 0.05) is 45.9 Å². The molecule has 0 unspecified atom stereocenters. The Kier molecular flexibility index (Phi) is 5.96. The smallest absolute Gasteiger partial charge is 0.188 e. The van der Waals surface area contributed by atoms with Gasteiger partial charge in [-0.3, -0.25) is 15.0 Å². The van der Waals surface area contributed by atoms with Gasteiger partial charge >= 0.3 is 0 Å². The topological polar surface area (TPSA) is 85.9 Å². The van der Waals surface area contributed by atoms with Crippen LogP contribution >= 0.6 is 0 Å². The lowest BCUT2D eigenvalue weighted by atomic mass is 9.66. The maximum atomic E-state index is 9.88. The van der Waals surface area contributed by atoms with Gasteiger partial charge in [0.25, 0.3) is 0 Å². The van der Waals surface area contributed by atoms with Crippen molar-refractivity contribution < 1.29 is 4.74 Å². The van der Waals surface area contributed by atoms with Gasteiger partial charge < -0.3 is 13.9 Å². The number of rotatable bonds is 2. The van der Waals surface area contributed by atoms with Crippen LogP contribution < -0.4 is 4.74 Å². The summed E-state index contributed by atoms with van der Waals surface area (Å²) in [6, 6.07) is 45.5. The zero-order chi connectivity index (χ0) is 37.1. The van der Waals surface area contributed by atoms with Crippen LogP contribution in [0.4, 0.5) is 5.69 Å². The summed E-state index contributed by atoms with van der Waals surface area (Å²) in [7, 11) is 0. The lowest BCUT2D eigenvalue weighted by Gasteiger charge is -2.40. The van der Waals surface area contributed by atoms with Gasteiger partial charge in [0.05, 0.1) is 74.6 Å². The van der Waals surface area contributed by atoms with Crippen LogP contribution in [0, 0.1) is 17.9 Å². The number of para-hydroxylation sites is 3. The Morgan fingerprint density at radius 3 is 1.88 bits per heavy atom. The molecular formula is C48H25N7O. The highest BCUT2D eigenvalue weighted by Crippen LogP contribution is 2.63. The largest absolute Gasteiger partial charge is 0.452 e. The minimum Gasteiger partial charge on any atom is -0.452 e. The fourth-order valence-electron chi connectivity index (χ4n) is 9.46. The first-order chi connectivity index (χ1) is 27.7. The molecule has 2 aliphatic rings. The van der Waals surface area contributed by atoms with E-state index in [9.17, 15) is 5.26 Å². The Bertz CT molecular complexity index is 3220. The fourth-order valence-corrected chi connectivity index (χ4v) is 9.46. The number of pyridine rings is 3. The van der Waals surface area contributed by atoms with E-state index in [0.29, 0.717) is 22.7 Å². The summed E-state index contributed by atoms with van der Waals surface area (Å²) >= 11 is 0. The number of ether oxygens (including phenoxy) is 1. The third kappa shape index (κ3) is 3.72. The molecule has 0 saturated heterocycles. The molecule has 1 spiro atoms. The first kappa shape index (κ1) is 30.4. The highest BCUT2D eigenvalue weighted by atomic mass is 16.5. The number of benzene rings is 5. The second-order valence-electron chi connectivity index (χ2n) is 14.2. The van der Waals surface area contributed by atoms with Gasteiger partial charge in [0.1, 0.15) is 0 Å². The van der Waals surface area contributed by atoms with E-state index in [1.165, 1.54) is 0 Å². The summed E-state index contributed by atoms with van der Waals surface area (Å²) in [6.45, 7) is 7.76. The van der Waals surface area contributed by atoms with Gasteiger partial charge in [0.15, 0.2) is 17.2 Å². The first-order valence-electron chi connectivity index (χ1n) is 18.3. The molecule has 10 aromatic rings. The quantitative estimate of drug-likeness (QED) is 0.166. The monoisotopic (exact) mass is 715 g/mol. The molecule has 0 fully saturated rings. The van der Waals surface area contributed by atoms with Crippen molar-refractivity contribution in [3.63, 3.8) is 0 Å². The average Bonchev–Trinajstić information content (AvgIpc) is 3.87. The Morgan fingerprint density at radius 1 is 0.571 bits per heavy atom. The van der Waals surface area contributed by atoms with Crippen molar-refractivity contribution in [1.29, 1.82) is 5.26 Å². The third-order valence-electron chi connectivity index (χ3n) is 11.6. The lowest BCUT2D eigenvalue weighted by Crippen LogP contribution is -2.33. The van der Waals surface area contributed by atoms with Crippen LogP contribution in [0.3, 0.4) is 0 Å². The molecule has 12 rings (SSSR count). The van der Waals surface area contributed by atoms with Crippen LogP contribution in [0.5, 0.6) is 11.5 Å². The molecule has 5 aromatic heterocycles. The summed E-state index contributed by atoms with van der Waals surface area (Å²) < 4.78 is 11.9. The molecule has 0 radical (unpaired) electrons. The molecule has 0 saturated carbocycles. The van der Waals surface area contributed by atoms with Crippen molar-refractivity contribution in [3.8, 4) is 40.3 Å². The minimum absolute atomic E-state index is 0.574. The Labute approximate surface area is 319 Å². The van der Waals surface area contributed by atoms with E-state index in [4.69, 9.17) is 21.3 Å². The molecule has 0 bridgehead atoms. The highest BCUT2D eigenvalue weighted by molar-refractivity contribution is 6.11. The van der Waals surface area contributed by atoms with Crippen LogP contribution in [-0.2, 0) is 5.41 Å². The number of hydrogen-bond donors (Lipinski definition) is 0. The van der Waals surface area contributed by atoms with Crippen LogP contribution in [0.25, 0.3) is 71.2 Å². The van der Waals surface area contributed by atoms with E-state index >= 15 is 0 Å². The van der Waals surface area contributed by atoms with Crippen LogP contribution in [-0.4, -0.2) is 24.1 Å². The molecule has 1 aliphatic heterocycles. The van der Waals surface area contributed by atoms with Crippen molar-refractivity contribution in [1.82, 2.24) is 24.1 Å². The van der Waals surface area contributed by atoms with E-state index in [1.54, 1.807) is 6.20 Å². The number of nitriles is 1. The van der Waals surface area contributed by atoms with Crippen LogP contribution in [0.2, 0.25) is 0 Å². The molecule has 5 aromatic carbocycles. The Balaban J connectivity index is 1.25. The lowest BCUT2D eigenvalue weighted by molar-refractivity contribution is 0.433. The molecule has 1 aliphatic carbocycles. The highest BCUT2D eigenvalue weighted by Gasteiger charge is 2.53. The second-order valence-corrected chi connectivity index (χ2v) is 14.2. The summed E-state index contributed by atoms with van der Waals surface area (Å²) in [5.41, 5.74) is 11.5. The maximum Gasteiger partial charge on any atom is 0.188 e. The van der Waals surface area contributed by atoms with E-state index < -0.39 is 5.41 Å². The predicted octanol–water partition coefficient (Wildman–Crippen LogP) is 11.0. The summed E-state index contributed by atoms with van der Waals surface area (Å²) in [5.74, 6) is 1.41. The Morgan fingerprint density at radius 2 is 1.18 bits per heavy atom. The van der Waals surface area contributed by atoms with Gasteiger partial charge in [0.2, 0.25) is 0 Å². The van der Waals surface area contributed by atoms with Gasteiger partial charge in [-0.2, -0.15) is 5.26 Å². The molecule has 6 heterocycles. The van der Waals surface area contributed by atoms with Crippen LogP contribution in [0.15, 0.2) is 152 Å². The minimum atomic E-state index is -0.844. The molecule has 0 amide bonds. The molecule has 8 heteroatoms. The average molecular weight is 716 g/mol. The van der Waals surface area contributed by atoms with E-state index in [1.807, 2.05) is 85.3 Å². The second kappa shape index (κ2) is 11.0. The van der Waals surface area contributed by atoms with Gasteiger partial charge in [-0.25, -0.2) is 4.85 Å². The summed E-state index contributed by atoms with van der Waals surface area (Å²) in [6.07, 6.45) is 7.34. The molecule has 0 N–H and O–H groups in total. The Hall–Kier alpha value is -8.07. The SMILES string of the molecule is [C-]#[N+]c1ccc2c(c1)c1ccncc1n2-c1cccc2c1Oc1c(-n3c4ccccc4c4cc(C#N)ccc43)cccc1C21c2cccnc2-c2ncccc21. The normalized spacial score (nSPS) is 13.2. The summed E-state index contributed by atoms with van der Waals surface area (Å²) in [4.78, 5) is 18.3. The van der Waals surface area contributed by atoms with Crippen molar-refractivity contribution in [2.24, 2.45) is 0 Å². The molecule has 56 heavy (non-hydrogen) atoms. The predicted molar refractivity (Wildman–Crippen MR) is 217 cm³/mol. The maximum absolute atomic E-state index is 9.88. The van der Waals surface area contributed by atoms with Crippen molar-refractivity contribution in [2.45, 2.75) is 5.41 Å². The third-order valence-corrected chi connectivity index (χ3v) is 11.6. The molecule has 258 valence electrons. The number of fused-ring (bicyclic) bond motifs is 15. The van der Waals surface area contributed by atoms with Crippen molar-refractivity contribution >= 4 is 49.3 Å². The zero-order valence-corrected chi connectivity index (χ0v) is 29.5. The number of aromatic nitrogens is 5. The number of nitrogens with zero attached hydrogens (tertiary/aromatic N) is 7. The van der Waals surface area contributed by atoms with E-state index in [2.05, 4.69) is 85.7 Å². The zero-order valence-electron chi connectivity index (χ0n) is 29.5. The summed E-state index contributed by atoms with van der Waals surface area (Å²) in [5, 5.41) is 13.9. The standard InChI is InChI=1S/C48H25N7O/c1-50-29-17-19-40-33(25-29)31-20-23-51-27-43(31)55(40)42-15-5-10-37-47(42)56-46-36(48(37)34-11-6-21-52-44(34)45-35(48)12-7-22-53-45)9-4-14-41(46)54-38-13-3-2-8-30(38)32-24-28(26-49)16-18-39(32)54/h2-25,27H. The van der Waals surface area contributed by atoms with Gasteiger partial charge in [-0.1, -0.05) is 60.7 Å². The molecule has 0 atom stereocenters.